The van der Waals surface area contributed by atoms with Crippen LogP contribution in [0.25, 0.3) is 0 Å². The van der Waals surface area contributed by atoms with Gasteiger partial charge in [-0.05, 0) is 25.9 Å². The second-order valence-electron chi connectivity index (χ2n) is 2.98. The number of nitriles is 1. The fourth-order valence-corrected chi connectivity index (χ4v) is 1.51. The first kappa shape index (κ1) is 8.51. The van der Waals surface area contributed by atoms with E-state index in [0.717, 1.165) is 13.1 Å². The van der Waals surface area contributed by atoms with Crippen molar-refractivity contribution >= 4 is 0 Å². The van der Waals surface area contributed by atoms with Gasteiger partial charge in [-0.15, -0.1) is 0 Å². The summed E-state index contributed by atoms with van der Waals surface area (Å²) in [6, 6.07) is 2.18. The van der Waals surface area contributed by atoms with Gasteiger partial charge in [0.05, 0.1) is 6.07 Å². The molecule has 3 heteroatoms. The van der Waals surface area contributed by atoms with E-state index in [9.17, 15) is 0 Å². The third kappa shape index (κ3) is 2.18. The molecule has 1 atom stereocenters. The van der Waals surface area contributed by atoms with Crippen LogP contribution in [0.1, 0.15) is 19.3 Å². The fraction of sp³-hybridized carbons (Fsp3) is 0.875. The van der Waals surface area contributed by atoms with E-state index in [1.807, 2.05) is 0 Å². The lowest BCUT2D eigenvalue weighted by Crippen LogP contribution is -2.42. The molecule has 0 spiro atoms. The normalized spacial score (nSPS) is 22.5. The van der Waals surface area contributed by atoms with Crippen LogP contribution in [0.3, 0.4) is 0 Å². The summed E-state index contributed by atoms with van der Waals surface area (Å²) in [5, 5.41) is 8.71. The fourth-order valence-electron chi connectivity index (χ4n) is 1.51. The number of likely N-dealkylation sites (tertiary alicyclic amines) is 1. The molecule has 1 rings (SSSR count). The number of hydrogen-bond acceptors (Lipinski definition) is 3. The van der Waals surface area contributed by atoms with Crippen LogP contribution < -0.4 is 5.73 Å². The molecule has 1 aliphatic rings. The number of hydrogen-bond donors (Lipinski definition) is 1. The first-order valence-electron chi connectivity index (χ1n) is 4.22. The zero-order valence-electron chi connectivity index (χ0n) is 6.79. The van der Waals surface area contributed by atoms with Gasteiger partial charge in [-0.3, -0.25) is 4.90 Å². The van der Waals surface area contributed by atoms with Crippen molar-refractivity contribution < 1.29 is 0 Å². The highest BCUT2D eigenvalue weighted by Crippen LogP contribution is 2.10. The standard InChI is InChI=1S/C8H15N3/c9-6-8(7-10)11-4-2-1-3-5-11/h8H,1-6,9H2. The van der Waals surface area contributed by atoms with Crippen LogP contribution in [0.5, 0.6) is 0 Å². The van der Waals surface area contributed by atoms with Gasteiger partial charge in [-0.25, -0.2) is 0 Å². The highest BCUT2D eigenvalue weighted by Gasteiger charge is 2.17. The molecule has 0 aromatic rings. The number of piperidine rings is 1. The van der Waals surface area contributed by atoms with E-state index in [1.54, 1.807) is 0 Å². The first-order valence-corrected chi connectivity index (χ1v) is 4.22. The first-order chi connectivity index (χ1) is 5.38. The number of rotatable bonds is 2. The molecule has 1 heterocycles. The molecule has 1 fully saturated rings. The monoisotopic (exact) mass is 153 g/mol. The molecule has 1 aliphatic heterocycles. The Kier molecular flexibility index (Phi) is 3.34. The van der Waals surface area contributed by atoms with E-state index in [1.165, 1.54) is 19.3 Å². The summed E-state index contributed by atoms with van der Waals surface area (Å²) in [4.78, 5) is 2.18. The zero-order valence-corrected chi connectivity index (χ0v) is 6.79. The van der Waals surface area contributed by atoms with Crippen LogP contribution in [-0.4, -0.2) is 30.6 Å². The summed E-state index contributed by atoms with van der Waals surface area (Å²) in [5.74, 6) is 0. The van der Waals surface area contributed by atoms with Crippen LogP contribution in [-0.2, 0) is 0 Å². The molecule has 0 aliphatic carbocycles. The van der Waals surface area contributed by atoms with Gasteiger partial charge in [-0.1, -0.05) is 6.42 Å². The Labute approximate surface area is 67.8 Å². The molecule has 0 aromatic heterocycles. The van der Waals surface area contributed by atoms with Gasteiger partial charge in [0.2, 0.25) is 0 Å². The van der Waals surface area contributed by atoms with Gasteiger partial charge in [0.25, 0.3) is 0 Å². The topological polar surface area (TPSA) is 53.1 Å². The van der Waals surface area contributed by atoms with Gasteiger partial charge in [-0.2, -0.15) is 5.26 Å². The minimum Gasteiger partial charge on any atom is -0.328 e. The Hall–Kier alpha value is -0.590. The van der Waals surface area contributed by atoms with Crippen LogP contribution in [0.4, 0.5) is 0 Å². The Morgan fingerprint density at radius 3 is 2.45 bits per heavy atom. The molecule has 0 aromatic carbocycles. The molecule has 62 valence electrons. The lowest BCUT2D eigenvalue weighted by molar-refractivity contribution is 0.198. The van der Waals surface area contributed by atoms with Gasteiger partial charge in [0.15, 0.2) is 0 Å². The summed E-state index contributed by atoms with van der Waals surface area (Å²) >= 11 is 0. The molecule has 2 N–H and O–H groups in total. The molecule has 3 nitrogen and oxygen atoms in total. The third-order valence-electron chi connectivity index (χ3n) is 2.20. The highest BCUT2D eigenvalue weighted by atomic mass is 15.2. The predicted molar refractivity (Wildman–Crippen MR) is 43.9 cm³/mol. The van der Waals surface area contributed by atoms with Gasteiger partial charge in [0.1, 0.15) is 6.04 Å². The zero-order chi connectivity index (χ0) is 8.10. The highest BCUT2D eigenvalue weighted by molar-refractivity contribution is 4.93. The van der Waals surface area contributed by atoms with E-state index in [0.29, 0.717) is 6.54 Å². The van der Waals surface area contributed by atoms with Crippen molar-refractivity contribution in [3.05, 3.63) is 0 Å². The second-order valence-corrected chi connectivity index (χ2v) is 2.98. The van der Waals surface area contributed by atoms with Crippen LogP contribution in [0, 0.1) is 11.3 Å². The van der Waals surface area contributed by atoms with Crippen LogP contribution in [0.15, 0.2) is 0 Å². The molecule has 0 radical (unpaired) electrons. The molecular formula is C8H15N3. The van der Waals surface area contributed by atoms with E-state index in [2.05, 4.69) is 11.0 Å². The Morgan fingerprint density at radius 2 is 2.00 bits per heavy atom. The predicted octanol–water partition coefficient (Wildman–Crippen LogP) is 0.323. The lowest BCUT2D eigenvalue weighted by atomic mass is 10.1. The number of nitrogens with two attached hydrogens (primary N) is 1. The van der Waals surface area contributed by atoms with Crippen molar-refractivity contribution in [3.63, 3.8) is 0 Å². The van der Waals surface area contributed by atoms with Gasteiger partial charge in [0, 0.05) is 6.54 Å². The average Bonchev–Trinajstić information content (AvgIpc) is 2.09. The minimum absolute atomic E-state index is 0.0460. The molecule has 0 amide bonds. The average molecular weight is 153 g/mol. The maximum atomic E-state index is 8.71. The van der Waals surface area contributed by atoms with E-state index < -0.39 is 0 Å². The van der Waals surface area contributed by atoms with Crippen molar-refractivity contribution in [1.82, 2.24) is 4.90 Å². The van der Waals surface area contributed by atoms with Crippen LogP contribution in [0.2, 0.25) is 0 Å². The van der Waals surface area contributed by atoms with Crippen molar-refractivity contribution in [3.8, 4) is 6.07 Å². The summed E-state index contributed by atoms with van der Waals surface area (Å²) in [6.07, 6.45) is 3.75. The second kappa shape index (κ2) is 4.32. The summed E-state index contributed by atoms with van der Waals surface area (Å²) in [5.41, 5.74) is 5.45. The lowest BCUT2D eigenvalue weighted by Gasteiger charge is -2.29. The molecule has 1 unspecified atom stereocenters. The van der Waals surface area contributed by atoms with E-state index in [4.69, 9.17) is 11.0 Å². The molecular weight excluding hydrogens is 138 g/mol. The molecule has 1 saturated heterocycles. The van der Waals surface area contributed by atoms with Crippen LogP contribution >= 0.6 is 0 Å². The van der Waals surface area contributed by atoms with Crippen molar-refractivity contribution in [2.45, 2.75) is 25.3 Å². The Morgan fingerprint density at radius 1 is 1.36 bits per heavy atom. The van der Waals surface area contributed by atoms with Crippen molar-refractivity contribution in [1.29, 1.82) is 5.26 Å². The van der Waals surface area contributed by atoms with Gasteiger partial charge >= 0.3 is 0 Å². The van der Waals surface area contributed by atoms with Gasteiger partial charge < -0.3 is 5.73 Å². The van der Waals surface area contributed by atoms with Crippen molar-refractivity contribution in [2.24, 2.45) is 5.73 Å². The largest absolute Gasteiger partial charge is 0.328 e. The summed E-state index contributed by atoms with van der Waals surface area (Å²) in [6.45, 7) is 2.57. The smallest absolute Gasteiger partial charge is 0.110 e. The summed E-state index contributed by atoms with van der Waals surface area (Å²) in [7, 11) is 0. The Balaban J connectivity index is 2.38. The molecule has 0 bridgehead atoms. The molecule has 0 saturated carbocycles. The van der Waals surface area contributed by atoms with Crippen molar-refractivity contribution in [2.75, 3.05) is 19.6 Å². The molecule has 11 heavy (non-hydrogen) atoms. The maximum absolute atomic E-state index is 8.71. The third-order valence-corrected chi connectivity index (χ3v) is 2.20. The van der Waals surface area contributed by atoms with E-state index in [-0.39, 0.29) is 6.04 Å². The SMILES string of the molecule is N#CC(CN)N1CCCCC1. The summed E-state index contributed by atoms with van der Waals surface area (Å²) < 4.78 is 0. The Bertz CT molecular complexity index is 144. The quantitative estimate of drug-likeness (QED) is 0.621. The maximum Gasteiger partial charge on any atom is 0.110 e. The minimum atomic E-state index is -0.0460. The van der Waals surface area contributed by atoms with E-state index >= 15 is 0 Å². The number of nitrogens with zero attached hydrogens (tertiary/aromatic N) is 2.